The van der Waals surface area contributed by atoms with Gasteiger partial charge in [-0.2, -0.15) is 0 Å². The van der Waals surface area contributed by atoms with E-state index in [0.717, 1.165) is 56.8 Å². The van der Waals surface area contributed by atoms with Crippen molar-refractivity contribution in [1.29, 1.82) is 0 Å². The van der Waals surface area contributed by atoms with Crippen LogP contribution in [0.3, 0.4) is 0 Å². The van der Waals surface area contributed by atoms with Gasteiger partial charge in [-0.1, -0.05) is 164 Å². The standard InChI is InChI=1S/C51H38N2/c1-4-12-37(13-5-1)39-20-22-40(23-21-39)42-26-32-47(33-27-42)53(46-30-24-41(25-31-46)38-14-6-2-7-15-38)48-34-28-44(29-35-48)51-49(43-16-8-3-9-17-43)36-45-18-10-11-19-50(45)52-51/h1-20,22-36,39H,21H2. The van der Waals surface area contributed by atoms with E-state index < -0.39 is 0 Å². The Hall–Kier alpha value is -6.77. The number of aromatic nitrogens is 1. The maximum absolute atomic E-state index is 5.20. The zero-order valence-electron chi connectivity index (χ0n) is 29.4. The lowest BCUT2D eigenvalue weighted by molar-refractivity contribution is 0.856. The first-order valence-corrected chi connectivity index (χ1v) is 18.3. The van der Waals surface area contributed by atoms with Crippen LogP contribution in [0.2, 0.25) is 0 Å². The second kappa shape index (κ2) is 14.5. The molecule has 0 saturated heterocycles. The third-order valence-electron chi connectivity index (χ3n) is 10.2. The molecule has 1 unspecified atom stereocenters. The molecule has 0 amide bonds. The summed E-state index contributed by atoms with van der Waals surface area (Å²) in [7, 11) is 0. The molecule has 0 spiro atoms. The van der Waals surface area contributed by atoms with Gasteiger partial charge in [0.15, 0.2) is 0 Å². The average Bonchev–Trinajstić information content (AvgIpc) is 3.25. The van der Waals surface area contributed by atoms with Crippen LogP contribution in [0.4, 0.5) is 17.1 Å². The summed E-state index contributed by atoms with van der Waals surface area (Å²) in [4.78, 5) is 7.54. The van der Waals surface area contributed by atoms with Gasteiger partial charge in [0, 0.05) is 39.5 Å². The van der Waals surface area contributed by atoms with Gasteiger partial charge in [0.2, 0.25) is 0 Å². The van der Waals surface area contributed by atoms with Gasteiger partial charge in [-0.05, 0) is 88.3 Å². The minimum Gasteiger partial charge on any atom is -0.311 e. The van der Waals surface area contributed by atoms with Crippen molar-refractivity contribution in [2.45, 2.75) is 12.3 Å². The van der Waals surface area contributed by atoms with Crippen molar-refractivity contribution in [3.63, 3.8) is 0 Å². The molecule has 0 radical (unpaired) electrons. The van der Waals surface area contributed by atoms with Crippen LogP contribution in [-0.2, 0) is 0 Å². The number of rotatable bonds is 8. The molecule has 1 atom stereocenters. The highest BCUT2D eigenvalue weighted by Crippen LogP contribution is 2.40. The van der Waals surface area contributed by atoms with Crippen molar-refractivity contribution in [1.82, 2.24) is 4.98 Å². The van der Waals surface area contributed by atoms with Crippen LogP contribution in [0, 0.1) is 0 Å². The maximum atomic E-state index is 5.20. The molecule has 53 heavy (non-hydrogen) atoms. The van der Waals surface area contributed by atoms with Crippen LogP contribution < -0.4 is 4.90 Å². The topological polar surface area (TPSA) is 16.1 Å². The Morgan fingerprint density at radius 3 is 1.57 bits per heavy atom. The highest BCUT2D eigenvalue weighted by atomic mass is 15.1. The molecule has 9 rings (SSSR count). The molecule has 7 aromatic carbocycles. The lowest BCUT2D eigenvalue weighted by Gasteiger charge is -2.26. The Morgan fingerprint density at radius 2 is 0.962 bits per heavy atom. The maximum Gasteiger partial charge on any atom is 0.0788 e. The van der Waals surface area contributed by atoms with Crippen molar-refractivity contribution in [2.75, 3.05) is 4.90 Å². The Morgan fingerprint density at radius 1 is 0.453 bits per heavy atom. The fourth-order valence-electron chi connectivity index (χ4n) is 7.41. The van der Waals surface area contributed by atoms with E-state index in [2.05, 4.69) is 217 Å². The molecule has 1 aliphatic carbocycles. The fraction of sp³-hybridized carbons (Fsp3) is 0.0392. The Labute approximate surface area is 311 Å². The minimum atomic E-state index is 0.421. The van der Waals surface area contributed by atoms with Crippen LogP contribution in [0.25, 0.3) is 50.0 Å². The third kappa shape index (κ3) is 6.71. The Bertz CT molecular complexity index is 2530. The van der Waals surface area contributed by atoms with E-state index in [1.165, 1.54) is 27.8 Å². The SMILES string of the molecule is C1=CC(c2ccccc2)CC=C1c1ccc(N(c2ccc(-c3ccccc3)cc2)c2ccc(-c3nc4ccccc4cc3-c3ccccc3)cc2)cc1. The van der Waals surface area contributed by atoms with Gasteiger partial charge in [-0.15, -0.1) is 0 Å². The quantitative estimate of drug-likeness (QED) is 0.159. The summed E-state index contributed by atoms with van der Waals surface area (Å²) in [5.74, 6) is 0.421. The molecule has 0 bridgehead atoms. The van der Waals surface area contributed by atoms with Gasteiger partial charge in [0.05, 0.1) is 11.2 Å². The third-order valence-corrected chi connectivity index (χ3v) is 10.2. The van der Waals surface area contributed by atoms with Crippen molar-refractivity contribution in [2.24, 2.45) is 0 Å². The Kier molecular flexibility index (Phi) is 8.77. The summed E-state index contributed by atoms with van der Waals surface area (Å²) >= 11 is 0. The first-order valence-electron chi connectivity index (χ1n) is 18.3. The van der Waals surface area contributed by atoms with E-state index in [4.69, 9.17) is 4.98 Å². The number of para-hydroxylation sites is 1. The molecule has 0 N–H and O–H groups in total. The first kappa shape index (κ1) is 32.2. The van der Waals surface area contributed by atoms with Crippen molar-refractivity contribution >= 4 is 33.5 Å². The Balaban J connectivity index is 1.07. The molecule has 8 aromatic rings. The zero-order valence-corrected chi connectivity index (χ0v) is 29.4. The van der Waals surface area contributed by atoms with E-state index in [9.17, 15) is 0 Å². The van der Waals surface area contributed by atoms with Crippen LogP contribution in [0.5, 0.6) is 0 Å². The molecule has 0 aliphatic heterocycles. The fourth-order valence-corrected chi connectivity index (χ4v) is 7.41. The first-order chi connectivity index (χ1) is 26.3. The normalized spacial score (nSPS) is 13.8. The van der Waals surface area contributed by atoms with Crippen molar-refractivity contribution in [3.8, 4) is 33.5 Å². The van der Waals surface area contributed by atoms with Crippen molar-refractivity contribution < 1.29 is 0 Å². The van der Waals surface area contributed by atoms with Crippen LogP contribution >= 0.6 is 0 Å². The van der Waals surface area contributed by atoms with Gasteiger partial charge in [0.1, 0.15) is 0 Å². The van der Waals surface area contributed by atoms with Gasteiger partial charge in [-0.3, -0.25) is 0 Å². The van der Waals surface area contributed by atoms with E-state index in [1.807, 2.05) is 0 Å². The summed E-state index contributed by atoms with van der Waals surface area (Å²) in [5.41, 5.74) is 14.9. The summed E-state index contributed by atoms with van der Waals surface area (Å²) in [6, 6.07) is 69.2. The molecule has 1 heterocycles. The number of nitrogens with zero attached hydrogens (tertiary/aromatic N) is 2. The van der Waals surface area contributed by atoms with E-state index in [1.54, 1.807) is 0 Å². The number of hydrogen-bond donors (Lipinski definition) is 0. The van der Waals surface area contributed by atoms with Gasteiger partial charge in [0.25, 0.3) is 0 Å². The van der Waals surface area contributed by atoms with Crippen LogP contribution in [0.1, 0.15) is 23.5 Å². The molecule has 0 saturated carbocycles. The molecule has 1 aliphatic rings. The summed E-state index contributed by atoms with van der Waals surface area (Å²) in [6.07, 6.45) is 7.99. The highest BCUT2D eigenvalue weighted by Gasteiger charge is 2.17. The van der Waals surface area contributed by atoms with Gasteiger partial charge in [-0.25, -0.2) is 4.98 Å². The zero-order chi connectivity index (χ0) is 35.4. The van der Waals surface area contributed by atoms with E-state index in [0.29, 0.717) is 5.92 Å². The molecule has 2 nitrogen and oxygen atoms in total. The lowest BCUT2D eigenvalue weighted by atomic mass is 9.88. The minimum absolute atomic E-state index is 0.421. The second-order valence-corrected chi connectivity index (χ2v) is 13.6. The smallest absolute Gasteiger partial charge is 0.0788 e. The number of pyridine rings is 1. The number of benzene rings is 7. The van der Waals surface area contributed by atoms with Crippen LogP contribution in [0.15, 0.2) is 212 Å². The number of anilines is 3. The predicted molar refractivity (Wildman–Crippen MR) is 224 cm³/mol. The molecular weight excluding hydrogens is 641 g/mol. The largest absolute Gasteiger partial charge is 0.311 e. The molecular formula is C51H38N2. The predicted octanol–water partition coefficient (Wildman–Crippen LogP) is 13.8. The van der Waals surface area contributed by atoms with Gasteiger partial charge >= 0.3 is 0 Å². The van der Waals surface area contributed by atoms with Crippen LogP contribution in [-0.4, -0.2) is 4.98 Å². The van der Waals surface area contributed by atoms with E-state index in [-0.39, 0.29) is 0 Å². The van der Waals surface area contributed by atoms with E-state index >= 15 is 0 Å². The second-order valence-electron chi connectivity index (χ2n) is 13.6. The molecule has 1 aromatic heterocycles. The molecule has 2 heteroatoms. The lowest BCUT2D eigenvalue weighted by Crippen LogP contribution is -2.10. The average molecular weight is 679 g/mol. The number of fused-ring (bicyclic) bond motifs is 1. The van der Waals surface area contributed by atoms with Gasteiger partial charge < -0.3 is 4.90 Å². The van der Waals surface area contributed by atoms with Crippen molar-refractivity contribution in [3.05, 3.63) is 223 Å². The molecule has 252 valence electrons. The number of hydrogen-bond acceptors (Lipinski definition) is 2. The number of allylic oxidation sites excluding steroid dienone is 4. The summed E-state index contributed by atoms with van der Waals surface area (Å²) in [5, 5.41) is 1.13. The summed E-state index contributed by atoms with van der Waals surface area (Å²) < 4.78 is 0. The highest BCUT2D eigenvalue weighted by molar-refractivity contribution is 5.92. The molecule has 0 fully saturated rings. The summed E-state index contributed by atoms with van der Waals surface area (Å²) in [6.45, 7) is 0. The monoisotopic (exact) mass is 678 g/mol.